The molecule has 1 aromatic carbocycles. The number of nitrogens with zero attached hydrogens (tertiary/aromatic N) is 1. The Kier molecular flexibility index (Phi) is 7.04. The summed E-state index contributed by atoms with van der Waals surface area (Å²) in [4.78, 5) is 2.47. The maximum absolute atomic E-state index is 14.0. The molecular formula is C20H32FNO. The molecule has 3 heteroatoms. The minimum atomic E-state index is -0.764. The molecule has 0 saturated heterocycles. The van der Waals surface area contributed by atoms with Gasteiger partial charge >= 0.3 is 0 Å². The second-order valence-electron chi connectivity index (χ2n) is 7.12. The van der Waals surface area contributed by atoms with E-state index in [4.69, 9.17) is 0 Å². The maximum atomic E-state index is 14.0. The molecule has 0 aliphatic heterocycles. The van der Waals surface area contributed by atoms with E-state index in [1.54, 1.807) is 6.07 Å². The maximum Gasteiger partial charge on any atom is 0.126 e. The lowest BCUT2D eigenvalue weighted by Crippen LogP contribution is -2.48. The van der Waals surface area contributed by atoms with Gasteiger partial charge in [-0.2, -0.15) is 0 Å². The van der Waals surface area contributed by atoms with Crippen LogP contribution in [0.25, 0.3) is 0 Å². The number of benzene rings is 1. The average Bonchev–Trinajstić information content (AvgIpc) is 2.52. The van der Waals surface area contributed by atoms with Crippen molar-refractivity contribution in [1.29, 1.82) is 0 Å². The molecule has 1 aromatic rings. The molecule has 1 aliphatic rings. The summed E-state index contributed by atoms with van der Waals surface area (Å²) >= 11 is 0. The summed E-state index contributed by atoms with van der Waals surface area (Å²) in [5, 5.41) is 11.3. The summed E-state index contributed by atoms with van der Waals surface area (Å²) in [6, 6.07) is 6.89. The van der Waals surface area contributed by atoms with E-state index in [2.05, 4.69) is 18.7 Å². The van der Waals surface area contributed by atoms with E-state index in [1.165, 1.54) is 12.5 Å². The van der Waals surface area contributed by atoms with Crippen molar-refractivity contribution in [3.8, 4) is 0 Å². The van der Waals surface area contributed by atoms with Gasteiger partial charge < -0.3 is 10.0 Å². The lowest BCUT2D eigenvalue weighted by Gasteiger charge is -2.42. The number of aliphatic hydroxyl groups is 1. The fraction of sp³-hybridized carbons (Fsp3) is 0.700. The van der Waals surface area contributed by atoms with Crippen LogP contribution in [0.3, 0.4) is 0 Å². The molecule has 23 heavy (non-hydrogen) atoms. The van der Waals surface area contributed by atoms with Gasteiger partial charge in [0.2, 0.25) is 0 Å². The van der Waals surface area contributed by atoms with Crippen LogP contribution in [0.1, 0.15) is 57.9 Å². The zero-order chi connectivity index (χ0) is 16.7. The first-order valence-electron chi connectivity index (χ1n) is 9.27. The summed E-state index contributed by atoms with van der Waals surface area (Å²) in [5.41, 5.74) is -0.111. The number of hydrogen-bond donors (Lipinski definition) is 1. The van der Waals surface area contributed by atoms with Crippen molar-refractivity contribution >= 4 is 0 Å². The first kappa shape index (κ1) is 18.4. The second-order valence-corrected chi connectivity index (χ2v) is 7.12. The van der Waals surface area contributed by atoms with Gasteiger partial charge in [0.25, 0.3) is 0 Å². The molecule has 2 rings (SSSR count). The highest BCUT2D eigenvalue weighted by Gasteiger charge is 2.39. The molecule has 2 nitrogen and oxygen atoms in total. The van der Waals surface area contributed by atoms with Crippen LogP contribution in [0.5, 0.6) is 0 Å². The van der Waals surface area contributed by atoms with Gasteiger partial charge in [0.1, 0.15) is 5.82 Å². The van der Waals surface area contributed by atoms with Gasteiger partial charge in [-0.3, -0.25) is 0 Å². The highest BCUT2D eigenvalue weighted by molar-refractivity contribution is 5.20. The minimum Gasteiger partial charge on any atom is -0.389 e. The Balaban J connectivity index is 2.11. The van der Waals surface area contributed by atoms with Crippen LogP contribution in [0, 0.1) is 11.7 Å². The van der Waals surface area contributed by atoms with Crippen molar-refractivity contribution in [2.75, 3.05) is 19.6 Å². The Hall–Kier alpha value is -0.930. The lowest BCUT2D eigenvalue weighted by molar-refractivity contribution is -0.0596. The van der Waals surface area contributed by atoms with Gasteiger partial charge in [-0.05, 0) is 50.4 Å². The summed E-state index contributed by atoms with van der Waals surface area (Å²) in [5.74, 6) is 0.0539. The van der Waals surface area contributed by atoms with E-state index >= 15 is 0 Å². The van der Waals surface area contributed by atoms with Crippen LogP contribution in [0.15, 0.2) is 24.3 Å². The van der Waals surface area contributed by atoms with Crippen molar-refractivity contribution in [1.82, 2.24) is 4.90 Å². The van der Waals surface area contributed by atoms with Crippen molar-refractivity contribution in [3.63, 3.8) is 0 Å². The van der Waals surface area contributed by atoms with Crippen LogP contribution >= 0.6 is 0 Å². The molecular weight excluding hydrogens is 289 g/mol. The third kappa shape index (κ3) is 5.02. The molecule has 0 heterocycles. The monoisotopic (exact) mass is 321 g/mol. The fourth-order valence-electron chi connectivity index (χ4n) is 4.00. The number of rotatable bonds is 8. The molecule has 0 aromatic heterocycles. The normalized spacial score (nSPS) is 25.0. The highest BCUT2D eigenvalue weighted by Crippen LogP contribution is 2.37. The van der Waals surface area contributed by atoms with Crippen molar-refractivity contribution in [3.05, 3.63) is 35.6 Å². The summed E-state index contributed by atoms with van der Waals surface area (Å²) < 4.78 is 14.0. The van der Waals surface area contributed by atoms with Gasteiger partial charge in [0, 0.05) is 18.9 Å². The third-order valence-corrected chi connectivity index (χ3v) is 5.18. The summed E-state index contributed by atoms with van der Waals surface area (Å²) in [6.07, 6.45) is 6.78. The summed E-state index contributed by atoms with van der Waals surface area (Å²) in [6.45, 7) is 7.51. The lowest BCUT2D eigenvalue weighted by atomic mass is 9.72. The van der Waals surface area contributed by atoms with Crippen LogP contribution in [-0.4, -0.2) is 35.2 Å². The first-order chi connectivity index (χ1) is 11.1. The molecule has 2 unspecified atom stereocenters. The Morgan fingerprint density at radius 3 is 2.52 bits per heavy atom. The van der Waals surface area contributed by atoms with Crippen LogP contribution < -0.4 is 0 Å². The van der Waals surface area contributed by atoms with Gasteiger partial charge in [-0.1, -0.05) is 44.9 Å². The molecule has 1 fully saturated rings. The van der Waals surface area contributed by atoms with E-state index in [0.717, 1.165) is 51.7 Å². The van der Waals surface area contributed by atoms with Gasteiger partial charge in [-0.15, -0.1) is 0 Å². The Bertz CT molecular complexity index is 472. The molecule has 0 radical (unpaired) electrons. The zero-order valence-electron chi connectivity index (χ0n) is 14.7. The Morgan fingerprint density at radius 1 is 1.17 bits per heavy atom. The van der Waals surface area contributed by atoms with Crippen LogP contribution in [0.4, 0.5) is 4.39 Å². The Morgan fingerprint density at radius 2 is 1.87 bits per heavy atom. The van der Waals surface area contributed by atoms with Gasteiger partial charge in [0.15, 0.2) is 0 Å². The largest absolute Gasteiger partial charge is 0.389 e. The molecule has 1 aliphatic carbocycles. The Labute approximate surface area is 140 Å². The van der Waals surface area contributed by atoms with Crippen LogP contribution in [0.2, 0.25) is 0 Å². The minimum absolute atomic E-state index is 0.191. The molecule has 130 valence electrons. The van der Waals surface area contributed by atoms with E-state index in [9.17, 15) is 9.50 Å². The van der Waals surface area contributed by atoms with Crippen molar-refractivity contribution in [2.45, 2.75) is 64.4 Å². The molecule has 0 amide bonds. The smallest absolute Gasteiger partial charge is 0.126 e. The molecule has 2 atom stereocenters. The molecule has 1 N–H and O–H groups in total. The van der Waals surface area contributed by atoms with E-state index in [0.29, 0.717) is 12.0 Å². The molecule has 1 saturated carbocycles. The number of hydrogen-bond acceptors (Lipinski definition) is 2. The van der Waals surface area contributed by atoms with Gasteiger partial charge in [-0.25, -0.2) is 4.39 Å². The standard InChI is InChI=1S/C20H32FNO/c1-3-13-22(14-4-2)16-18-10-7-8-12-20(18,23)15-17-9-5-6-11-19(17)21/h5-6,9,11,18,23H,3-4,7-8,10,12-16H2,1-2H3. The summed E-state index contributed by atoms with van der Waals surface area (Å²) in [7, 11) is 0. The van der Waals surface area contributed by atoms with E-state index in [1.807, 2.05) is 12.1 Å². The molecule has 0 bridgehead atoms. The van der Waals surface area contributed by atoms with E-state index < -0.39 is 5.60 Å². The predicted molar refractivity (Wildman–Crippen MR) is 94.0 cm³/mol. The van der Waals surface area contributed by atoms with Gasteiger partial charge in [0.05, 0.1) is 5.60 Å². The highest BCUT2D eigenvalue weighted by atomic mass is 19.1. The number of halogens is 1. The fourth-order valence-corrected chi connectivity index (χ4v) is 4.00. The van der Waals surface area contributed by atoms with Crippen LogP contribution in [-0.2, 0) is 6.42 Å². The van der Waals surface area contributed by atoms with Crippen molar-refractivity contribution in [2.24, 2.45) is 5.92 Å². The average molecular weight is 321 g/mol. The SMILES string of the molecule is CCCN(CCC)CC1CCCCC1(O)Cc1ccccc1F. The predicted octanol–water partition coefficient (Wildman–Crippen LogP) is 4.41. The molecule has 0 spiro atoms. The van der Waals surface area contributed by atoms with Crippen molar-refractivity contribution < 1.29 is 9.50 Å². The van der Waals surface area contributed by atoms with E-state index in [-0.39, 0.29) is 11.7 Å². The first-order valence-corrected chi connectivity index (χ1v) is 9.27. The zero-order valence-corrected chi connectivity index (χ0v) is 14.7. The second kappa shape index (κ2) is 8.79. The topological polar surface area (TPSA) is 23.5 Å². The third-order valence-electron chi connectivity index (χ3n) is 5.18. The quantitative estimate of drug-likeness (QED) is 0.766.